The van der Waals surface area contributed by atoms with Gasteiger partial charge in [0.25, 0.3) is 0 Å². The third-order valence-corrected chi connectivity index (χ3v) is 4.52. The number of unbranched alkanes of at least 4 members (excludes halogenated alkanes) is 2. The molecule has 1 aromatic carbocycles. The number of allylic oxidation sites excluding steroid dienone is 2. The van der Waals surface area contributed by atoms with Crippen LogP contribution in [0.5, 0.6) is 5.75 Å². The minimum Gasteiger partial charge on any atom is -0.495 e. The van der Waals surface area contributed by atoms with Crippen molar-refractivity contribution in [1.29, 1.82) is 0 Å². The Morgan fingerprint density at radius 2 is 2.03 bits per heavy atom. The number of nitrogens with zero attached hydrogens (tertiary/aromatic N) is 1. The zero-order valence-electron chi connectivity index (χ0n) is 18.9. The number of carboxylic acid groups (broad SMARTS) is 1. The van der Waals surface area contributed by atoms with Gasteiger partial charge in [0.15, 0.2) is 0 Å². The summed E-state index contributed by atoms with van der Waals surface area (Å²) in [6.45, 7) is 5.79. The van der Waals surface area contributed by atoms with Crippen LogP contribution in [-0.4, -0.2) is 50.5 Å². The van der Waals surface area contributed by atoms with Gasteiger partial charge in [0.05, 0.1) is 32.6 Å². The molecule has 0 aliphatic rings. The van der Waals surface area contributed by atoms with Crippen LogP contribution < -0.4 is 20.7 Å². The SMILES string of the molecule is COc1cc(CNC(=O)CCCC/C=C/C(C)C)ccc1N(CCOCCN)C(=O)O. The van der Waals surface area contributed by atoms with Crippen LogP contribution >= 0.6 is 0 Å². The van der Waals surface area contributed by atoms with Crippen LogP contribution in [0.25, 0.3) is 0 Å². The summed E-state index contributed by atoms with van der Waals surface area (Å²) in [5, 5.41) is 12.4. The Morgan fingerprint density at radius 1 is 1.26 bits per heavy atom. The molecule has 2 amide bonds. The fourth-order valence-electron chi connectivity index (χ4n) is 2.92. The number of hydrogen-bond acceptors (Lipinski definition) is 5. The van der Waals surface area contributed by atoms with E-state index in [9.17, 15) is 14.7 Å². The summed E-state index contributed by atoms with van der Waals surface area (Å²) >= 11 is 0. The highest BCUT2D eigenvalue weighted by Crippen LogP contribution is 2.29. The lowest BCUT2D eigenvalue weighted by atomic mass is 10.1. The Hall–Kier alpha value is -2.58. The van der Waals surface area contributed by atoms with Crippen LogP contribution in [0.4, 0.5) is 10.5 Å². The largest absolute Gasteiger partial charge is 0.495 e. The molecule has 4 N–H and O–H groups in total. The Balaban J connectivity index is 2.57. The van der Waals surface area contributed by atoms with Gasteiger partial charge >= 0.3 is 6.09 Å². The van der Waals surface area contributed by atoms with E-state index in [0.717, 1.165) is 24.8 Å². The van der Waals surface area contributed by atoms with Crippen molar-refractivity contribution in [3.8, 4) is 5.75 Å². The van der Waals surface area contributed by atoms with Gasteiger partial charge in [0, 0.05) is 19.5 Å². The van der Waals surface area contributed by atoms with Gasteiger partial charge in [-0.15, -0.1) is 0 Å². The molecule has 0 aliphatic heterocycles. The normalized spacial score (nSPS) is 11.1. The number of nitrogens with one attached hydrogen (secondary N) is 1. The van der Waals surface area contributed by atoms with Gasteiger partial charge in [-0.3, -0.25) is 9.69 Å². The zero-order chi connectivity index (χ0) is 23.1. The lowest BCUT2D eigenvalue weighted by molar-refractivity contribution is -0.121. The lowest BCUT2D eigenvalue weighted by Crippen LogP contribution is -2.33. The molecule has 174 valence electrons. The molecule has 0 saturated carbocycles. The van der Waals surface area contributed by atoms with Crippen molar-refractivity contribution in [3.05, 3.63) is 35.9 Å². The molecule has 8 heteroatoms. The zero-order valence-corrected chi connectivity index (χ0v) is 18.9. The second kappa shape index (κ2) is 15.3. The quantitative estimate of drug-likeness (QED) is 0.287. The van der Waals surface area contributed by atoms with Crippen molar-refractivity contribution in [2.75, 3.05) is 38.3 Å². The Bertz CT molecular complexity index is 706. The maximum atomic E-state index is 12.1. The fraction of sp³-hybridized carbons (Fsp3) is 0.565. The first-order valence-electron chi connectivity index (χ1n) is 10.8. The number of anilines is 1. The van der Waals surface area contributed by atoms with Crippen LogP contribution in [-0.2, 0) is 16.1 Å². The standard InChI is InChI=1S/C23H37N3O5/c1-18(2)8-6-4-5-7-9-22(27)25-17-19-10-11-20(21(16-19)30-3)26(23(28)29)13-15-31-14-12-24/h6,8,10-11,16,18H,4-5,7,9,12-15,17,24H2,1-3H3,(H,25,27)(H,28,29)/b8-6+. The van der Waals surface area contributed by atoms with Crippen molar-refractivity contribution >= 4 is 17.7 Å². The third kappa shape index (κ3) is 10.8. The first-order chi connectivity index (χ1) is 14.9. The summed E-state index contributed by atoms with van der Waals surface area (Å²) < 4.78 is 10.7. The number of methoxy groups -OCH3 is 1. The second-order valence-electron chi connectivity index (χ2n) is 7.54. The maximum Gasteiger partial charge on any atom is 0.412 e. The van der Waals surface area contributed by atoms with E-state index < -0.39 is 6.09 Å². The number of ether oxygens (including phenoxy) is 2. The molecule has 8 nitrogen and oxygen atoms in total. The molecule has 1 aromatic rings. The highest BCUT2D eigenvalue weighted by molar-refractivity contribution is 5.88. The molecule has 0 radical (unpaired) electrons. The monoisotopic (exact) mass is 435 g/mol. The van der Waals surface area contributed by atoms with Crippen molar-refractivity contribution in [1.82, 2.24) is 5.32 Å². The van der Waals surface area contributed by atoms with Gasteiger partial charge < -0.3 is 25.6 Å². The summed E-state index contributed by atoms with van der Waals surface area (Å²) in [4.78, 5) is 24.9. The minimum atomic E-state index is -1.10. The first-order valence-corrected chi connectivity index (χ1v) is 10.8. The average molecular weight is 436 g/mol. The highest BCUT2D eigenvalue weighted by atomic mass is 16.5. The van der Waals surface area contributed by atoms with Gasteiger partial charge in [-0.1, -0.05) is 32.1 Å². The molecule has 0 aliphatic carbocycles. The van der Waals surface area contributed by atoms with E-state index in [2.05, 4.69) is 31.3 Å². The molecule has 0 bridgehead atoms. The van der Waals surface area contributed by atoms with Gasteiger partial charge in [0.1, 0.15) is 5.75 Å². The van der Waals surface area contributed by atoms with Crippen LogP contribution in [0.2, 0.25) is 0 Å². The van der Waals surface area contributed by atoms with Gasteiger partial charge in [-0.2, -0.15) is 0 Å². The first kappa shape index (κ1) is 26.5. The molecule has 0 unspecified atom stereocenters. The average Bonchev–Trinajstić information content (AvgIpc) is 2.74. The van der Waals surface area contributed by atoms with E-state index in [-0.39, 0.29) is 19.1 Å². The third-order valence-electron chi connectivity index (χ3n) is 4.52. The Morgan fingerprint density at radius 3 is 2.68 bits per heavy atom. The Labute approximate surface area is 185 Å². The summed E-state index contributed by atoms with van der Waals surface area (Å²) in [6.07, 6.45) is 6.55. The highest BCUT2D eigenvalue weighted by Gasteiger charge is 2.19. The number of hydrogen-bond donors (Lipinski definition) is 3. The number of carbonyl (C=O) groups is 2. The van der Waals surface area contributed by atoms with Crippen molar-refractivity contribution in [2.45, 2.75) is 46.1 Å². The smallest absolute Gasteiger partial charge is 0.412 e. The summed E-state index contributed by atoms with van der Waals surface area (Å²) in [6, 6.07) is 5.20. The number of amides is 2. The summed E-state index contributed by atoms with van der Waals surface area (Å²) in [5.41, 5.74) is 6.64. The van der Waals surface area contributed by atoms with Crippen molar-refractivity contribution in [3.63, 3.8) is 0 Å². The van der Waals surface area contributed by atoms with E-state index >= 15 is 0 Å². The van der Waals surface area contributed by atoms with Crippen LogP contribution in [0.1, 0.15) is 45.1 Å². The van der Waals surface area contributed by atoms with E-state index in [4.69, 9.17) is 15.2 Å². The van der Waals surface area contributed by atoms with Gasteiger partial charge in [0.2, 0.25) is 5.91 Å². The molecular weight excluding hydrogens is 398 g/mol. The molecule has 1 rings (SSSR count). The molecular formula is C23H37N3O5. The molecule has 0 spiro atoms. The number of nitrogens with two attached hydrogens (primary N) is 1. The van der Waals surface area contributed by atoms with Crippen LogP contribution in [0.15, 0.2) is 30.4 Å². The summed E-state index contributed by atoms with van der Waals surface area (Å²) in [5.74, 6) is 0.976. The Kier molecular flexibility index (Phi) is 13.0. The topological polar surface area (TPSA) is 114 Å². The van der Waals surface area contributed by atoms with Gasteiger partial charge in [-0.25, -0.2) is 4.79 Å². The molecule has 0 fully saturated rings. The number of rotatable bonds is 15. The molecule has 0 atom stereocenters. The molecule has 31 heavy (non-hydrogen) atoms. The van der Waals surface area contributed by atoms with E-state index in [1.807, 2.05) is 0 Å². The van der Waals surface area contributed by atoms with E-state index in [1.54, 1.807) is 18.2 Å². The summed E-state index contributed by atoms with van der Waals surface area (Å²) in [7, 11) is 1.49. The van der Waals surface area contributed by atoms with Gasteiger partial charge in [-0.05, 0) is 42.9 Å². The van der Waals surface area contributed by atoms with Crippen LogP contribution in [0.3, 0.4) is 0 Å². The van der Waals surface area contributed by atoms with Crippen LogP contribution in [0, 0.1) is 5.92 Å². The van der Waals surface area contributed by atoms with E-state index in [0.29, 0.717) is 43.5 Å². The molecule has 0 heterocycles. The predicted molar refractivity (Wildman–Crippen MR) is 123 cm³/mol. The molecule has 0 saturated heterocycles. The van der Waals surface area contributed by atoms with Crippen molar-refractivity contribution < 1.29 is 24.2 Å². The van der Waals surface area contributed by atoms with E-state index in [1.165, 1.54) is 12.0 Å². The fourth-order valence-corrected chi connectivity index (χ4v) is 2.92. The second-order valence-corrected chi connectivity index (χ2v) is 7.54. The van der Waals surface area contributed by atoms with Crippen molar-refractivity contribution in [2.24, 2.45) is 11.7 Å². The predicted octanol–water partition coefficient (Wildman–Crippen LogP) is 3.54. The minimum absolute atomic E-state index is 0.0000903. The molecule has 0 aromatic heterocycles. The number of benzene rings is 1. The number of carbonyl (C=O) groups excluding carboxylic acids is 1. The maximum absolute atomic E-state index is 12.1. The lowest BCUT2D eigenvalue weighted by Gasteiger charge is -2.22.